The zero-order valence-electron chi connectivity index (χ0n) is 10.3. The minimum Gasteiger partial charge on any atom is -0.391 e. The summed E-state index contributed by atoms with van der Waals surface area (Å²) < 4.78 is 5.28. The number of ether oxygens (including phenoxy) is 1. The van der Waals surface area contributed by atoms with Gasteiger partial charge in [0.1, 0.15) is 6.61 Å². The predicted octanol–water partition coefficient (Wildman–Crippen LogP) is 1.03. The Hall–Kier alpha value is -0.610. The number of aliphatic hydroxyl groups is 1. The Morgan fingerprint density at radius 3 is 2.94 bits per heavy atom. The quantitative estimate of drug-likeness (QED) is 0.716. The van der Waals surface area contributed by atoms with Crippen LogP contribution in [-0.4, -0.2) is 48.3 Å². The Bertz CT molecular complexity index is 220. The van der Waals surface area contributed by atoms with Gasteiger partial charge in [0, 0.05) is 19.7 Å². The van der Waals surface area contributed by atoms with Gasteiger partial charge in [0.2, 0.25) is 5.91 Å². The van der Waals surface area contributed by atoms with Crippen LogP contribution in [0.5, 0.6) is 0 Å². The van der Waals surface area contributed by atoms with Crippen LogP contribution in [0.25, 0.3) is 0 Å². The number of hydrogen-bond donors (Lipinski definition) is 1. The van der Waals surface area contributed by atoms with Gasteiger partial charge in [-0.1, -0.05) is 20.3 Å². The van der Waals surface area contributed by atoms with Crippen molar-refractivity contribution in [3.8, 4) is 0 Å². The van der Waals surface area contributed by atoms with E-state index in [2.05, 4.69) is 6.92 Å². The zero-order chi connectivity index (χ0) is 12.0. The monoisotopic (exact) mass is 229 g/mol. The summed E-state index contributed by atoms with van der Waals surface area (Å²) in [6.07, 6.45) is 2.57. The van der Waals surface area contributed by atoms with Gasteiger partial charge in [0.15, 0.2) is 0 Å². The van der Waals surface area contributed by atoms with Crippen molar-refractivity contribution in [2.75, 3.05) is 26.3 Å². The van der Waals surface area contributed by atoms with Crippen molar-refractivity contribution in [2.24, 2.45) is 5.92 Å². The summed E-state index contributed by atoms with van der Waals surface area (Å²) in [5, 5.41) is 9.67. The van der Waals surface area contributed by atoms with E-state index >= 15 is 0 Å². The number of rotatable bonds is 5. The normalized spacial score (nSPS) is 25.8. The van der Waals surface area contributed by atoms with E-state index in [-0.39, 0.29) is 18.6 Å². The van der Waals surface area contributed by atoms with Crippen LogP contribution in [0.4, 0.5) is 0 Å². The van der Waals surface area contributed by atoms with Crippen molar-refractivity contribution in [1.82, 2.24) is 4.90 Å². The lowest BCUT2D eigenvalue weighted by molar-refractivity contribution is -0.140. The SMILES string of the molecule is CCCCOCC(=O)N1CCC(C)C(O)C1. The van der Waals surface area contributed by atoms with E-state index in [4.69, 9.17) is 4.74 Å². The molecule has 0 aromatic carbocycles. The molecule has 1 rings (SSSR count). The average Bonchev–Trinajstić information content (AvgIpc) is 2.28. The number of likely N-dealkylation sites (tertiary alicyclic amines) is 1. The van der Waals surface area contributed by atoms with Gasteiger partial charge in [-0.25, -0.2) is 0 Å². The van der Waals surface area contributed by atoms with Gasteiger partial charge in [-0.2, -0.15) is 0 Å². The van der Waals surface area contributed by atoms with Crippen molar-refractivity contribution in [2.45, 2.75) is 39.2 Å². The van der Waals surface area contributed by atoms with Crippen LogP contribution in [0.1, 0.15) is 33.1 Å². The second kappa shape index (κ2) is 6.86. The van der Waals surface area contributed by atoms with Crippen molar-refractivity contribution < 1.29 is 14.6 Å². The molecule has 0 spiro atoms. The van der Waals surface area contributed by atoms with Crippen LogP contribution < -0.4 is 0 Å². The van der Waals surface area contributed by atoms with Crippen LogP contribution in [0.15, 0.2) is 0 Å². The molecule has 4 nitrogen and oxygen atoms in total. The van der Waals surface area contributed by atoms with Crippen LogP contribution in [-0.2, 0) is 9.53 Å². The van der Waals surface area contributed by atoms with E-state index in [1.807, 2.05) is 6.92 Å². The fourth-order valence-corrected chi connectivity index (χ4v) is 1.77. The van der Waals surface area contributed by atoms with Gasteiger partial charge < -0.3 is 14.7 Å². The summed E-state index contributed by atoms with van der Waals surface area (Å²) in [6, 6.07) is 0. The molecule has 1 amide bonds. The molecule has 1 N–H and O–H groups in total. The third-order valence-electron chi connectivity index (χ3n) is 3.14. The van der Waals surface area contributed by atoms with E-state index in [9.17, 15) is 9.90 Å². The molecule has 2 unspecified atom stereocenters. The van der Waals surface area contributed by atoms with Crippen molar-refractivity contribution in [1.29, 1.82) is 0 Å². The largest absolute Gasteiger partial charge is 0.391 e. The van der Waals surface area contributed by atoms with E-state index in [1.165, 1.54) is 0 Å². The highest BCUT2D eigenvalue weighted by molar-refractivity contribution is 5.77. The molecule has 0 aliphatic carbocycles. The second-order valence-corrected chi connectivity index (χ2v) is 4.58. The molecule has 1 aliphatic heterocycles. The molecule has 1 heterocycles. The summed E-state index contributed by atoms with van der Waals surface area (Å²) in [4.78, 5) is 13.4. The highest BCUT2D eigenvalue weighted by Gasteiger charge is 2.26. The first kappa shape index (κ1) is 13.5. The third-order valence-corrected chi connectivity index (χ3v) is 3.14. The molecular weight excluding hydrogens is 206 g/mol. The fourth-order valence-electron chi connectivity index (χ4n) is 1.77. The first-order valence-electron chi connectivity index (χ1n) is 6.18. The van der Waals surface area contributed by atoms with E-state index in [0.717, 1.165) is 25.8 Å². The van der Waals surface area contributed by atoms with Crippen LogP contribution >= 0.6 is 0 Å². The summed E-state index contributed by atoms with van der Waals surface area (Å²) in [5.41, 5.74) is 0. The van der Waals surface area contributed by atoms with Gasteiger partial charge in [-0.15, -0.1) is 0 Å². The molecule has 0 aromatic rings. The molecule has 1 fully saturated rings. The standard InChI is InChI=1S/C12H23NO3/c1-3-4-7-16-9-12(15)13-6-5-10(2)11(14)8-13/h10-11,14H,3-9H2,1-2H3. The zero-order valence-corrected chi connectivity index (χ0v) is 10.3. The summed E-state index contributed by atoms with van der Waals surface area (Å²) in [7, 11) is 0. The van der Waals surface area contributed by atoms with E-state index < -0.39 is 0 Å². The number of nitrogens with zero attached hydrogens (tertiary/aromatic N) is 1. The lowest BCUT2D eigenvalue weighted by atomic mass is 9.96. The molecule has 4 heteroatoms. The fraction of sp³-hybridized carbons (Fsp3) is 0.917. The van der Waals surface area contributed by atoms with Crippen molar-refractivity contribution in [3.05, 3.63) is 0 Å². The lowest BCUT2D eigenvalue weighted by Gasteiger charge is -2.34. The molecule has 16 heavy (non-hydrogen) atoms. The minimum atomic E-state index is -0.381. The van der Waals surface area contributed by atoms with Gasteiger partial charge in [0.25, 0.3) is 0 Å². The maximum absolute atomic E-state index is 11.7. The number of unbranched alkanes of at least 4 members (excludes halogenated alkanes) is 1. The van der Waals surface area contributed by atoms with Gasteiger partial charge in [-0.05, 0) is 18.8 Å². The highest BCUT2D eigenvalue weighted by Crippen LogP contribution is 2.16. The Labute approximate surface area is 97.6 Å². The molecule has 1 aliphatic rings. The number of carbonyl (C=O) groups is 1. The Balaban J connectivity index is 2.21. The average molecular weight is 229 g/mol. The molecule has 0 aromatic heterocycles. The van der Waals surface area contributed by atoms with Crippen LogP contribution in [0.2, 0.25) is 0 Å². The maximum atomic E-state index is 11.7. The summed E-state index contributed by atoms with van der Waals surface area (Å²) in [5.74, 6) is 0.298. The maximum Gasteiger partial charge on any atom is 0.248 e. The van der Waals surface area contributed by atoms with Crippen molar-refractivity contribution >= 4 is 5.91 Å². The van der Waals surface area contributed by atoms with Gasteiger partial charge >= 0.3 is 0 Å². The number of hydrogen-bond acceptors (Lipinski definition) is 3. The predicted molar refractivity (Wildman–Crippen MR) is 62.1 cm³/mol. The Morgan fingerprint density at radius 1 is 1.56 bits per heavy atom. The molecule has 94 valence electrons. The highest BCUT2D eigenvalue weighted by atomic mass is 16.5. The minimum absolute atomic E-state index is 0.00190. The molecule has 0 radical (unpaired) electrons. The molecular formula is C12H23NO3. The smallest absolute Gasteiger partial charge is 0.248 e. The second-order valence-electron chi connectivity index (χ2n) is 4.58. The Morgan fingerprint density at radius 2 is 2.31 bits per heavy atom. The third kappa shape index (κ3) is 4.10. The van der Waals surface area contributed by atoms with Crippen LogP contribution in [0, 0.1) is 5.92 Å². The first-order valence-corrected chi connectivity index (χ1v) is 6.18. The lowest BCUT2D eigenvalue weighted by Crippen LogP contribution is -2.47. The van der Waals surface area contributed by atoms with E-state index in [1.54, 1.807) is 4.90 Å². The van der Waals surface area contributed by atoms with Gasteiger partial charge in [0.05, 0.1) is 6.10 Å². The van der Waals surface area contributed by atoms with Gasteiger partial charge in [-0.3, -0.25) is 4.79 Å². The van der Waals surface area contributed by atoms with Crippen molar-refractivity contribution in [3.63, 3.8) is 0 Å². The Kier molecular flexibility index (Phi) is 5.77. The number of β-amino-alcohol motifs (C(OH)–C–C–N with tert-alkyl or cyclic N) is 1. The van der Waals surface area contributed by atoms with Crippen LogP contribution in [0.3, 0.4) is 0 Å². The molecule has 0 bridgehead atoms. The van der Waals surface area contributed by atoms with E-state index in [0.29, 0.717) is 19.1 Å². The molecule has 1 saturated heterocycles. The number of carbonyl (C=O) groups excluding carboxylic acids is 1. The number of amides is 1. The first-order chi connectivity index (χ1) is 7.65. The number of piperidine rings is 1. The topological polar surface area (TPSA) is 49.8 Å². The molecule has 0 saturated carbocycles. The molecule has 2 atom stereocenters. The number of aliphatic hydroxyl groups excluding tert-OH is 1. The summed E-state index contributed by atoms with van der Waals surface area (Å²) in [6.45, 7) is 6.11. The summed E-state index contributed by atoms with van der Waals surface area (Å²) >= 11 is 0.